The van der Waals surface area contributed by atoms with Gasteiger partial charge in [-0.2, -0.15) is 0 Å². The lowest BCUT2D eigenvalue weighted by molar-refractivity contribution is 0.0600. The van der Waals surface area contributed by atoms with Gasteiger partial charge in [0.1, 0.15) is 0 Å². The lowest BCUT2D eigenvalue weighted by Gasteiger charge is -2.19. The maximum Gasteiger partial charge on any atom is 0.340 e. The van der Waals surface area contributed by atoms with Crippen LogP contribution in [0.1, 0.15) is 15.9 Å². The van der Waals surface area contributed by atoms with Gasteiger partial charge in [-0.1, -0.05) is 30.3 Å². The minimum atomic E-state index is -0.596. The van der Waals surface area contributed by atoms with Gasteiger partial charge in [0, 0.05) is 20.2 Å². The number of hydrogen-bond acceptors (Lipinski definition) is 4. The van der Waals surface area contributed by atoms with Gasteiger partial charge in [0.15, 0.2) is 0 Å². The van der Waals surface area contributed by atoms with Gasteiger partial charge in [-0.3, -0.25) is 4.79 Å². The second kappa shape index (κ2) is 6.48. The summed E-state index contributed by atoms with van der Waals surface area (Å²) in [5.74, 6) is -0.596. The first kappa shape index (κ1) is 16.5. The molecule has 0 saturated heterocycles. The molecule has 120 valence electrons. The molecule has 0 unspecified atom stereocenters. The Morgan fingerprint density at radius 3 is 2.26 bits per heavy atom. The van der Waals surface area contributed by atoms with Crippen LogP contribution in [0.25, 0.3) is 11.3 Å². The van der Waals surface area contributed by atoms with Crippen LogP contribution in [0.3, 0.4) is 0 Å². The molecular weight excluding hydrogens is 296 g/mol. The quantitative estimate of drug-likeness (QED) is 0.796. The molecule has 0 saturated carbocycles. The largest absolute Gasteiger partial charge is 0.465 e. The molecule has 0 radical (unpaired) electrons. The number of esters is 1. The van der Waals surface area contributed by atoms with Crippen molar-refractivity contribution in [3.05, 3.63) is 57.9 Å². The van der Waals surface area contributed by atoms with Crippen molar-refractivity contribution in [1.82, 2.24) is 9.47 Å². The highest BCUT2D eigenvalue weighted by Gasteiger charge is 2.25. The first-order chi connectivity index (χ1) is 10.9. The fourth-order valence-electron chi connectivity index (χ4n) is 2.35. The van der Waals surface area contributed by atoms with Crippen LogP contribution in [0.4, 0.5) is 4.79 Å². The van der Waals surface area contributed by atoms with Gasteiger partial charge in [-0.25, -0.2) is 14.2 Å². The molecular formula is C17H18N2O4. The van der Waals surface area contributed by atoms with E-state index in [1.54, 1.807) is 45.3 Å². The lowest BCUT2D eigenvalue weighted by Crippen LogP contribution is -2.37. The highest BCUT2D eigenvalue weighted by molar-refractivity contribution is 6.00. The molecule has 2 aromatic rings. The van der Waals surface area contributed by atoms with E-state index in [0.29, 0.717) is 11.1 Å². The lowest BCUT2D eigenvalue weighted by atomic mass is 10.0. The van der Waals surface area contributed by atoms with Crippen LogP contribution in [0, 0.1) is 6.92 Å². The van der Waals surface area contributed by atoms with Crippen molar-refractivity contribution in [2.45, 2.75) is 6.92 Å². The van der Waals surface area contributed by atoms with E-state index in [1.165, 1.54) is 18.1 Å². The molecule has 1 amide bonds. The van der Waals surface area contributed by atoms with Gasteiger partial charge in [-0.05, 0) is 18.1 Å². The van der Waals surface area contributed by atoms with Crippen molar-refractivity contribution in [3.63, 3.8) is 0 Å². The molecule has 0 spiro atoms. The van der Waals surface area contributed by atoms with E-state index in [4.69, 9.17) is 4.74 Å². The number of carbonyl (C=O) groups is 2. The van der Waals surface area contributed by atoms with Crippen LogP contribution in [0.5, 0.6) is 0 Å². The van der Waals surface area contributed by atoms with Gasteiger partial charge in [0.05, 0.1) is 18.4 Å². The summed E-state index contributed by atoms with van der Waals surface area (Å²) in [7, 11) is 4.35. The molecule has 0 fully saturated rings. The molecule has 6 heteroatoms. The number of ether oxygens (including phenoxy) is 1. The van der Waals surface area contributed by atoms with Crippen LogP contribution < -0.4 is 5.56 Å². The highest BCUT2D eigenvalue weighted by Crippen LogP contribution is 2.25. The second-order valence-electron chi connectivity index (χ2n) is 5.26. The van der Waals surface area contributed by atoms with E-state index in [0.717, 1.165) is 4.57 Å². The summed E-state index contributed by atoms with van der Waals surface area (Å²) in [4.78, 5) is 38.4. The second-order valence-corrected chi connectivity index (χ2v) is 5.26. The molecule has 0 aliphatic rings. The van der Waals surface area contributed by atoms with Gasteiger partial charge in [0.2, 0.25) is 0 Å². The van der Waals surface area contributed by atoms with Gasteiger partial charge in [0.25, 0.3) is 5.56 Å². The third kappa shape index (κ3) is 3.01. The van der Waals surface area contributed by atoms with Gasteiger partial charge >= 0.3 is 12.0 Å². The molecule has 0 atom stereocenters. The number of aryl methyl sites for hydroxylation is 1. The third-order valence-electron chi connectivity index (χ3n) is 3.43. The Hall–Kier alpha value is -2.89. The zero-order valence-corrected chi connectivity index (χ0v) is 13.5. The number of nitrogens with zero attached hydrogens (tertiary/aromatic N) is 2. The average molecular weight is 314 g/mol. The van der Waals surface area contributed by atoms with Crippen LogP contribution >= 0.6 is 0 Å². The molecule has 0 N–H and O–H groups in total. The fourth-order valence-corrected chi connectivity index (χ4v) is 2.35. The Balaban J connectivity index is 2.95. The minimum absolute atomic E-state index is 0.202. The number of pyridine rings is 1. The maximum absolute atomic E-state index is 12.5. The first-order valence-corrected chi connectivity index (χ1v) is 7.00. The summed E-state index contributed by atoms with van der Waals surface area (Å²) in [5, 5.41) is 0. The molecule has 6 nitrogen and oxygen atoms in total. The molecule has 1 aromatic heterocycles. The van der Waals surface area contributed by atoms with E-state index in [-0.39, 0.29) is 11.3 Å². The van der Waals surface area contributed by atoms with Gasteiger partial charge < -0.3 is 9.64 Å². The zero-order valence-electron chi connectivity index (χ0n) is 13.5. The Kier molecular flexibility index (Phi) is 4.64. The van der Waals surface area contributed by atoms with Crippen LogP contribution in [-0.4, -0.2) is 42.7 Å². The predicted molar refractivity (Wildman–Crippen MR) is 86.7 cm³/mol. The Morgan fingerprint density at radius 2 is 1.74 bits per heavy atom. The summed E-state index contributed by atoms with van der Waals surface area (Å²) >= 11 is 0. The first-order valence-electron chi connectivity index (χ1n) is 7.00. The molecule has 0 bridgehead atoms. The number of hydrogen-bond donors (Lipinski definition) is 0. The molecule has 1 aromatic carbocycles. The molecule has 0 aliphatic heterocycles. The number of methoxy groups -OCH3 is 1. The van der Waals surface area contributed by atoms with Crippen molar-refractivity contribution < 1.29 is 14.3 Å². The number of rotatable bonds is 2. The Morgan fingerprint density at radius 1 is 1.13 bits per heavy atom. The number of aromatic nitrogens is 1. The topological polar surface area (TPSA) is 68.6 Å². The Labute approximate surface area is 133 Å². The van der Waals surface area contributed by atoms with Crippen molar-refractivity contribution >= 4 is 12.0 Å². The number of amides is 1. The van der Waals surface area contributed by atoms with Crippen molar-refractivity contribution in [1.29, 1.82) is 0 Å². The van der Waals surface area contributed by atoms with Crippen LogP contribution in [-0.2, 0) is 4.74 Å². The summed E-state index contributed by atoms with van der Waals surface area (Å²) in [6, 6.07) is 9.56. The van der Waals surface area contributed by atoms with E-state index >= 15 is 0 Å². The van der Waals surface area contributed by atoms with E-state index < -0.39 is 17.6 Å². The normalized spacial score (nSPS) is 10.3. The summed E-state index contributed by atoms with van der Waals surface area (Å²) < 4.78 is 5.83. The van der Waals surface area contributed by atoms with Gasteiger partial charge in [-0.15, -0.1) is 0 Å². The van der Waals surface area contributed by atoms with Crippen LogP contribution in [0.2, 0.25) is 0 Å². The smallest absolute Gasteiger partial charge is 0.340 e. The molecule has 2 rings (SSSR count). The fraction of sp³-hybridized carbons (Fsp3) is 0.235. The summed E-state index contributed by atoms with van der Waals surface area (Å²) in [6.07, 6.45) is 0. The molecule has 23 heavy (non-hydrogen) atoms. The van der Waals surface area contributed by atoms with E-state index in [9.17, 15) is 14.4 Å². The number of carbonyl (C=O) groups excluding carboxylic acids is 2. The van der Waals surface area contributed by atoms with Crippen molar-refractivity contribution in [2.75, 3.05) is 21.2 Å². The van der Waals surface area contributed by atoms with Crippen LogP contribution in [0.15, 0.2) is 41.2 Å². The summed E-state index contributed by atoms with van der Waals surface area (Å²) in [5.41, 5.74) is 0.995. The number of benzene rings is 1. The van der Waals surface area contributed by atoms with Crippen molar-refractivity contribution in [2.24, 2.45) is 0 Å². The van der Waals surface area contributed by atoms with E-state index in [2.05, 4.69) is 0 Å². The third-order valence-corrected chi connectivity index (χ3v) is 3.43. The average Bonchev–Trinajstić information content (AvgIpc) is 2.53. The molecule has 1 heterocycles. The van der Waals surface area contributed by atoms with Crippen molar-refractivity contribution in [3.8, 4) is 11.3 Å². The SMILES string of the molecule is COC(=O)c1c(C)cc(=O)n(C(=O)N(C)C)c1-c1ccccc1. The van der Waals surface area contributed by atoms with E-state index in [1.807, 2.05) is 6.07 Å². The molecule has 0 aliphatic carbocycles. The monoisotopic (exact) mass is 314 g/mol. The standard InChI is InChI=1S/C17H18N2O4/c1-11-10-13(20)19(17(22)18(2)3)15(14(11)16(21)23-4)12-8-6-5-7-9-12/h5-10H,1-4H3. The zero-order chi connectivity index (χ0) is 17.1. The maximum atomic E-state index is 12.5. The predicted octanol–water partition coefficient (Wildman–Crippen LogP) is 2.14. The highest BCUT2D eigenvalue weighted by atomic mass is 16.5. The Bertz CT molecular complexity index is 807. The summed E-state index contributed by atoms with van der Waals surface area (Å²) in [6.45, 7) is 1.64. The minimum Gasteiger partial charge on any atom is -0.465 e.